The Morgan fingerprint density at radius 1 is 1.30 bits per heavy atom. The van der Waals surface area contributed by atoms with E-state index in [4.69, 9.17) is 0 Å². The van der Waals surface area contributed by atoms with Crippen LogP contribution in [-0.4, -0.2) is 39.8 Å². The Morgan fingerprint density at radius 3 is 2.75 bits per heavy atom. The number of likely N-dealkylation sites (tertiary alicyclic amines) is 1. The molecule has 1 aromatic heterocycles. The SMILES string of the molecule is CN1C(=O)CCC(Nc2cc(Br)nc(C3CC3)n2)C1=O. The fourth-order valence-electron chi connectivity index (χ4n) is 2.26. The van der Waals surface area contributed by atoms with Gasteiger partial charge >= 0.3 is 0 Å². The van der Waals surface area contributed by atoms with E-state index in [2.05, 4.69) is 31.2 Å². The summed E-state index contributed by atoms with van der Waals surface area (Å²) in [5, 5.41) is 3.12. The monoisotopic (exact) mass is 338 g/mol. The third kappa shape index (κ3) is 2.67. The number of hydrogen-bond acceptors (Lipinski definition) is 5. The molecule has 2 fully saturated rings. The van der Waals surface area contributed by atoms with Crippen LogP contribution < -0.4 is 5.32 Å². The maximum absolute atomic E-state index is 12.0. The molecule has 2 aliphatic rings. The highest BCUT2D eigenvalue weighted by molar-refractivity contribution is 9.10. The predicted molar refractivity (Wildman–Crippen MR) is 76.1 cm³/mol. The molecule has 1 saturated carbocycles. The average molecular weight is 339 g/mol. The van der Waals surface area contributed by atoms with Crippen LogP contribution in [0.25, 0.3) is 0 Å². The van der Waals surface area contributed by atoms with Crippen LogP contribution in [0.2, 0.25) is 0 Å². The fraction of sp³-hybridized carbons (Fsp3) is 0.538. The second kappa shape index (κ2) is 5.12. The van der Waals surface area contributed by atoms with E-state index in [1.807, 2.05) is 0 Å². The lowest BCUT2D eigenvalue weighted by molar-refractivity contribution is -0.146. The summed E-state index contributed by atoms with van der Waals surface area (Å²) in [5.74, 6) is 1.56. The number of anilines is 1. The molecule has 2 amide bonds. The first-order valence-corrected chi connectivity index (χ1v) is 7.45. The molecule has 1 atom stereocenters. The molecular formula is C13H15BrN4O2. The summed E-state index contributed by atoms with van der Waals surface area (Å²) in [6.07, 6.45) is 3.12. The second-order valence-electron chi connectivity index (χ2n) is 5.23. The lowest BCUT2D eigenvalue weighted by atomic mass is 10.0. The highest BCUT2D eigenvalue weighted by Crippen LogP contribution is 2.38. The zero-order valence-electron chi connectivity index (χ0n) is 11.1. The van der Waals surface area contributed by atoms with E-state index in [9.17, 15) is 9.59 Å². The molecule has 1 aliphatic heterocycles. The van der Waals surface area contributed by atoms with E-state index >= 15 is 0 Å². The van der Waals surface area contributed by atoms with Crippen LogP contribution in [0, 0.1) is 0 Å². The van der Waals surface area contributed by atoms with Crippen LogP contribution in [-0.2, 0) is 9.59 Å². The molecule has 1 unspecified atom stereocenters. The van der Waals surface area contributed by atoms with Gasteiger partial charge in [-0.25, -0.2) is 9.97 Å². The van der Waals surface area contributed by atoms with Crippen LogP contribution in [0.3, 0.4) is 0 Å². The first-order chi connectivity index (χ1) is 9.54. The van der Waals surface area contributed by atoms with Crippen LogP contribution in [0.5, 0.6) is 0 Å². The van der Waals surface area contributed by atoms with Gasteiger partial charge in [0.25, 0.3) is 5.91 Å². The second-order valence-corrected chi connectivity index (χ2v) is 6.05. The number of halogens is 1. The maximum atomic E-state index is 12.0. The molecule has 0 spiro atoms. The number of carbonyl (C=O) groups is 2. The number of piperidine rings is 1. The van der Waals surface area contributed by atoms with Gasteiger partial charge in [0.05, 0.1) is 0 Å². The lowest BCUT2D eigenvalue weighted by Gasteiger charge is -2.28. The van der Waals surface area contributed by atoms with Crippen molar-refractivity contribution >= 4 is 33.6 Å². The summed E-state index contributed by atoms with van der Waals surface area (Å²) < 4.78 is 0.713. The molecule has 6 nitrogen and oxygen atoms in total. The topological polar surface area (TPSA) is 75.2 Å². The number of amides is 2. The van der Waals surface area contributed by atoms with Gasteiger partial charge in [-0.15, -0.1) is 0 Å². The maximum Gasteiger partial charge on any atom is 0.251 e. The van der Waals surface area contributed by atoms with Crippen molar-refractivity contribution in [2.45, 2.75) is 37.6 Å². The van der Waals surface area contributed by atoms with Gasteiger partial charge in [0.15, 0.2) is 0 Å². The Hall–Kier alpha value is -1.50. The van der Waals surface area contributed by atoms with Crippen molar-refractivity contribution in [3.8, 4) is 0 Å². The first kappa shape index (κ1) is 13.5. The van der Waals surface area contributed by atoms with Crippen molar-refractivity contribution in [1.29, 1.82) is 0 Å². The first-order valence-electron chi connectivity index (χ1n) is 6.66. The summed E-state index contributed by atoms with van der Waals surface area (Å²) >= 11 is 3.37. The van der Waals surface area contributed by atoms with Gasteiger partial charge in [-0.2, -0.15) is 0 Å². The lowest BCUT2D eigenvalue weighted by Crippen LogP contribution is -2.48. The number of rotatable bonds is 3. The zero-order chi connectivity index (χ0) is 14.3. The molecule has 0 radical (unpaired) electrons. The summed E-state index contributed by atoms with van der Waals surface area (Å²) in [6.45, 7) is 0. The van der Waals surface area contributed by atoms with Gasteiger partial charge in [0.2, 0.25) is 5.91 Å². The molecule has 1 aromatic rings. The van der Waals surface area contributed by atoms with E-state index in [-0.39, 0.29) is 11.8 Å². The number of aromatic nitrogens is 2. The highest BCUT2D eigenvalue weighted by atomic mass is 79.9. The summed E-state index contributed by atoms with van der Waals surface area (Å²) in [4.78, 5) is 33.5. The molecular weight excluding hydrogens is 324 g/mol. The van der Waals surface area contributed by atoms with E-state index in [1.54, 1.807) is 6.07 Å². The molecule has 1 aliphatic carbocycles. The molecule has 3 rings (SSSR count). The van der Waals surface area contributed by atoms with Gasteiger partial charge in [0.1, 0.15) is 22.3 Å². The average Bonchev–Trinajstić information content (AvgIpc) is 3.23. The van der Waals surface area contributed by atoms with Crippen molar-refractivity contribution in [2.75, 3.05) is 12.4 Å². The molecule has 1 N–H and O–H groups in total. The number of nitrogens with one attached hydrogen (secondary N) is 1. The standard InChI is InChI=1S/C13H15BrN4O2/c1-18-11(19)5-4-8(13(18)20)15-10-6-9(14)16-12(17-10)7-2-3-7/h6-8H,2-5H2,1H3,(H,15,16,17). The van der Waals surface area contributed by atoms with Gasteiger partial charge in [-0.3, -0.25) is 14.5 Å². The van der Waals surface area contributed by atoms with E-state index < -0.39 is 6.04 Å². The van der Waals surface area contributed by atoms with Crippen molar-refractivity contribution < 1.29 is 9.59 Å². The number of carbonyl (C=O) groups excluding carboxylic acids is 2. The van der Waals surface area contributed by atoms with E-state index in [1.165, 1.54) is 11.9 Å². The largest absolute Gasteiger partial charge is 0.358 e. The van der Waals surface area contributed by atoms with Crippen molar-refractivity contribution in [3.05, 3.63) is 16.5 Å². The van der Waals surface area contributed by atoms with Crippen molar-refractivity contribution in [1.82, 2.24) is 14.9 Å². The number of likely N-dealkylation sites (N-methyl/N-ethyl adjacent to an activating group) is 1. The Labute approximate surface area is 125 Å². The minimum Gasteiger partial charge on any atom is -0.358 e. The number of nitrogens with zero attached hydrogens (tertiary/aromatic N) is 3. The Balaban J connectivity index is 1.77. The number of imide groups is 1. The molecule has 0 aromatic carbocycles. The summed E-state index contributed by atoms with van der Waals surface area (Å²) in [7, 11) is 1.52. The fourth-order valence-corrected chi connectivity index (χ4v) is 2.66. The summed E-state index contributed by atoms with van der Waals surface area (Å²) in [6, 6.07) is 1.36. The van der Waals surface area contributed by atoms with E-state index in [0.29, 0.717) is 29.2 Å². The minimum atomic E-state index is -0.397. The Bertz CT molecular complexity index is 573. The quantitative estimate of drug-likeness (QED) is 0.670. The Morgan fingerprint density at radius 2 is 2.05 bits per heavy atom. The molecule has 106 valence electrons. The normalized spacial score (nSPS) is 23.1. The van der Waals surface area contributed by atoms with Gasteiger partial charge in [0, 0.05) is 25.5 Å². The zero-order valence-corrected chi connectivity index (χ0v) is 12.7. The van der Waals surface area contributed by atoms with Crippen molar-refractivity contribution in [2.24, 2.45) is 0 Å². The molecule has 0 bridgehead atoms. The highest BCUT2D eigenvalue weighted by Gasteiger charge is 2.32. The molecule has 2 heterocycles. The van der Waals surface area contributed by atoms with Crippen LogP contribution in [0.1, 0.15) is 37.4 Å². The molecule has 20 heavy (non-hydrogen) atoms. The van der Waals surface area contributed by atoms with E-state index in [0.717, 1.165) is 18.7 Å². The molecule has 1 saturated heterocycles. The predicted octanol–water partition coefficient (Wildman–Crippen LogP) is 1.68. The van der Waals surface area contributed by atoms with Gasteiger partial charge in [-0.05, 0) is 35.2 Å². The third-order valence-corrected chi connectivity index (χ3v) is 4.03. The van der Waals surface area contributed by atoms with Gasteiger partial charge in [-0.1, -0.05) is 0 Å². The molecule has 7 heteroatoms. The van der Waals surface area contributed by atoms with Gasteiger partial charge < -0.3 is 5.32 Å². The number of hydrogen-bond donors (Lipinski definition) is 1. The Kier molecular flexibility index (Phi) is 3.45. The smallest absolute Gasteiger partial charge is 0.251 e. The third-order valence-electron chi connectivity index (χ3n) is 3.63. The summed E-state index contributed by atoms with van der Waals surface area (Å²) in [5.41, 5.74) is 0. The van der Waals surface area contributed by atoms with Crippen LogP contribution >= 0.6 is 15.9 Å². The minimum absolute atomic E-state index is 0.129. The van der Waals surface area contributed by atoms with Crippen LogP contribution in [0.4, 0.5) is 5.82 Å². The van der Waals surface area contributed by atoms with Crippen molar-refractivity contribution in [3.63, 3.8) is 0 Å². The van der Waals surface area contributed by atoms with Crippen LogP contribution in [0.15, 0.2) is 10.7 Å².